The molecule has 1 unspecified atom stereocenters. The molecule has 2 heterocycles. The van der Waals surface area contributed by atoms with E-state index >= 15 is 0 Å². The summed E-state index contributed by atoms with van der Waals surface area (Å²) in [5.74, 6) is -1.54. The Labute approximate surface area is 168 Å². The Morgan fingerprint density at radius 1 is 1.21 bits per heavy atom. The quantitative estimate of drug-likeness (QED) is 0.796. The highest BCUT2D eigenvalue weighted by molar-refractivity contribution is 5.96. The van der Waals surface area contributed by atoms with Gasteiger partial charge in [0.05, 0.1) is 11.7 Å². The molecular formula is C21H26F2N4O2. The fourth-order valence-electron chi connectivity index (χ4n) is 3.47. The van der Waals surface area contributed by atoms with E-state index in [1.54, 1.807) is 0 Å². The average Bonchev–Trinajstić information content (AvgIpc) is 2.84. The van der Waals surface area contributed by atoms with Crippen molar-refractivity contribution >= 4 is 12.2 Å². The first-order chi connectivity index (χ1) is 13.6. The lowest BCUT2D eigenvalue weighted by molar-refractivity contribution is -0.111. The Morgan fingerprint density at radius 3 is 2.45 bits per heavy atom. The number of halogens is 2. The molecule has 2 aromatic rings. The van der Waals surface area contributed by atoms with Gasteiger partial charge in [-0.05, 0) is 37.6 Å². The number of aromatic nitrogens is 2. The lowest BCUT2D eigenvalue weighted by atomic mass is 9.87. The number of amides is 1. The molecule has 156 valence electrons. The van der Waals surface area contributed by atoms with Gasteiger partial charge in [-0.25, -0.2) is 13.8 Å². The molecular weight excluding hydrogens is 378 g/mol. The standard InChI is InChI=1S/C21H26F2N4O2/c1-21(2,3)17(12-28)24-20(29)18-16-11-26(4)6-5-7-27(16)19(25-18)13-8-14(22)10-15(23)9-13/h8-10,12,17H,5-7,11H2,1-4H3,(H,24,29). The van der Waals surface area contributed by atoms with Gasteiger partial charge < -0.3 is 19.6 Å². The molecule has 8 heteroatoms. The predicted octanol–water partition coefficient (Wildman–Crippen LogP) is 3.01. The predicted molar refractivity (Wildman–Crippen MR) is 105 cm³/mol. The van der Waals surface area contributed by atoms with Crippen molar-refractivity contribution in [3.8, 4) is 11.4 Å². The first kappa shape index (κ1) is 21.1. The molecule has 29 heavy (non-hydrogen) atoms. The lowest BCUT2D eigenvalue weighted by Gasteiger charge is -2.26. The molecule has 0 saturated carbocycles. The van der Waals surface area contributed by atoms with Crippen LogP contribution in [0, 0.1) is 17.0 Å². The molecule has 3 rings (SSSR count). The number of imidazole rings is 1. The molecule has 1 atom stereocenters. The van der Waals surface area contributed by atoms with Crippen LogP contribution in [0.3, 0.4) is 0 Å². The number of hydrogen-bond acceptors (Lipinski definition) is 4. The molecule has 0 bridgehead atoms. The molecule has 1 aromatic carbocycles. The number of aldehydes is 1. The van der Waals surface area contributed by atoms with E-state index in [2.05, 4.69) is 15.2 Å². The van der Waals surface area contributed by atoms with E-state index in [4.69, 9.17) is 0 Å². The molecule has 0 radical (unpaired) electrons. The summed E-state index contributed by atoms with van der Waals surface area (Å²) in [5.41, 5.74) is 0.657. The van der Waals surface area contributed by atoms with E-state index in [9.17, 15) is 18.4 Å². The molecule has 1 aliphatic rings. The minimum Gasteiger partial charge on any atom is -0.341 e. The Balaban J connectivity index is 2.09. The summed E-state index contributed by atoms with van der Waals surface area (Å²) in [6.07, 6.45) is 1.52. The Bertz CT molecular complexity index is 913. The van der Waals surface area contributed by atoms with E-state index in [1.165, 1.54) is 12.1 Å². The Hall–Kier alpha value is -2.61. The number of carbonyl (C=O) groups excluding carboxylic acids is 2. The average molecular weight is 404 g/mol. The van der Waals surface area contributed by atoms with Gasteiger partial charge in [0.15, 0.2) is 5.69 Å². The summed E-state index contributed by atoms with van der Waals surface area (Å²) >= 11 is 0. The zero-order valence-corrected chi connectivity index (χ0v) is 17.1. The number of nitrogens with one attached hydrogen (secondary N) is 1. The highest BCUT2D eigenvalue weighted by atomic mass is 19.1. The van der Waals surface area contributed by atoms with Gasteiger partial charge in [0.25, 0.3) is 5.91 Å². The molecule has 1 N–H and O–H groups in total. The van der Waals surface area contributed by atoms with Crippen LogP contribution in [-0.2, 0) is 17.9 Å². The van der Waals surface area contributed by atoms with Crippen molar-refractivity contribution in [1.29, 1.82) is 0 Å². The number of benzene rings is 1. The second-order valence-electron chi connectivity index (χ2n) is 8.59. The highest BCUT2D eigenvalue weighted by Gasteiger charge is 2.30. The fraction of sp³-hybridized carbons (Fsp3) is 0.476. The first-order valence-electron chi connectivity index (χ1n) is 9.60. The van der Waals surface area contributed by atoms with Gasteiger partial charge >= 0.3 is 0 Å². The van der Waals surface area contributed by atoms with E-state index in [0.29, 0.717) is 30.9 Å². The summed E-state index contributed by atoms with van der Waals surface area (Å²) < 4.78 is 29.4. The van der Waals surface area contributed by atoms with Crippen LogP contribution >= 0.6 is 0 Å². The van der Waals surface area contributed by atoms with Gasteiger partial charge in [-0.15, -0.1) is 0 Å². The molecule has 6 nitrogen and oxygen atoms in total. The van der Waals surface area contributed by atoms with Crippen LogP contribution in [0.2, 0.25) is 0 Å². The van der Waals surface area contributed by atoms with Crippen LogP contribution in [0.25, 0.3) is 11.4 Å². The van der Waals surface area contributed by atoms with Crippen LogP contribution in [0.4, 0.5) is 8.78 Å². The lowest BCUT2D eigenvalue weighted by Crippen LogP contribution is -2.45. The van der Waals surface area contributed by atoms with Gasteiger partial charge in [-0.2, -0.15) is 0 Å². The van der Waals surface area contributed by atoms with Gasteiger partial charge in [-0.3, -0.25) is 4.79 Å². The summed E-state index contributed by atoms with van der Waals surface area (Å²) in [5, 5.41) is 2.75. The number of rotatable bonds is 4. The van der Waals surface area contributed by atoms with Crippen molar-refractivity contribution in [2.45, 2.75) is 46.3 Å². The minimum atomic E-state index is -0.706. The van der Waals surface area contributed by atoms with Crippen LogP contribution in [0.15, 0.2) is 18.2 Å². The molecule has 0 saturated heterocycles. The largest absolute Gasteiger partial charge is 0.341 e. The number of nitrogens with zero attached hydrogens (tertiary/aromatic N) is 3. The maximum Gasteiger partial charge on any atom is 0.272 e. The van der Waals surface area contributed by atoms with Crippen molar-refractivity contribution < 1.29 is 18.4 Å². The van der Waals surface area contributed by atoms with Crippen molar-refractivity contribution in [2.24, 2.45) is 5.41 Å². The second-order valence-corrected chi connectivity index (χ2v) is 8.59. The third-order valence-corrected chi connectivity index (χ3v) is 5.11. The van der Waals surface area contributed by atoms with Crippen LogP contribution in [-0.4, -0.2) is 46.3 Å². The zero-order chi connectivity index (χ0) is 21.3. The third-order valence-electron chi connectivity index (χ3n) is 5.11. The summed E-state index contributed by atoms with van der Waals surface area (Å²) in [6, 6.07) is 2.53. The Morgan fingerprint density at radius 2 is 1.86 bits per heavy atom. The normalized spacial score (nSPS) is 16.1. The second kappa shape index (κ2) is 8.02. The van der Waals surface area contributed by atoms with Crippen molar-refractivity contribution in [3.63, 3.8) is 0 Å². The smallest absolute Gasteiger partial charge is 0.272 e. The molecule has 1 amide bonds. The van der Waals surface area contributed by atoms with E-state index in [-0.39, 0.29) is 11.3 Å². The molecule has 0 fully saturated rings. The van der Waals surface area contributed by atoms with E-state index < -0.39 is 29.0 Å². The van der Waals surface area contributed by atoms with Crippen molar-refractivity contribution in [2.75, 3.05) is 13.6 Å². The number of fused-ring (bicyclic) bond motifs is 1. The van der Waals surface area contributed by atoms with Gasteiger partial charge in [-0.1, -0.05) is 20.8 Å². The van der Waals surface area contributed by atoms with E-state index in [1.807, 2.05) is 32.4 Å². The maximum absolute atomic E-state index is 13.8. The first-order valence-corrected chi connectivity index (χ1v) is 9.60. The van der Waals surface area contributed by atoms with Gasteiger partial charge in [0.1, 0.15) is 23.7 Å². The van der Waals surface area contributed by atoms with Gasteiger partial charge in [0, 0.05) is 24.7 Å². The molecule has 1 aliphatic heterocycles. The summed E-state index contributed by atoms with van der Waals surface area (Å²) in [4.78, 5) is 31.0. The van der Waals surface area contributed by atoms with Gasteiger partial charge in [0.2, 0.25) is 0 Å². The monoisotopic (exact) mass is 404 g/mol. The van der Waals surface area contributed by atoms with E-state index in [0.717, 1.165) is 19.0 Å². The third kappa shape index (κ3) is 4.53. The van der Waals surface area contributed by atoms with Crippen LogP contribution in [0.5, 0.6) is 0 Å². The van der Waals surface area contributed by atoms with Crippen molar-refractivity contribution in [1.82, 2.24) is 19.8 Å². The van der Waals surface area contributed by atoms with Crippen molar-refractivity contribution in [3.05, 3.63) is 41.2 Å². The van der Waals surface area contributed by atoms with Crippen LogP contribution < -0.4 is 5.32 Å². The number of hydrogen-bond donors (Lipinski definition) is 1. The molecule has 1 aromatic heterocycles. The SMILES string of the molecule is CN1CCCn2c(-c3cc(F)cc(F)c3)nc(C(=O)NC(C=O)C(C)(C)C)c2C1. The molecule has 0 spiro atoms. The maximum atomic E-state index is 13.8. The zero-order valence-electron chi connectivity index (χ0n) is 17.1. The Kier molecular flexibility index (Phi) is 5.84. The number of carbonyl (C=O) groups is 2. The minimum absolute atomic E-state index is 0.175. The summed E-state index contributed by atoms with van der Waals surface area (Å²) in [7, 11) is 1.94. The topological polar surface area (TPSA) is 67.2 Å². The van der Waals surface area contributed by atoms with Crippen LogP contribution in [0.1, 0.15) is 43.4 Å². The fourth-order valence-corrected chi connectivity index (χ4v) is 3.47. The molecule has 0 aliphatic carbocycles. The summed E-state index contributed by atoms with van der Waals surface area (Å²) in [6.45, 7) is 7.43. The highest BCUT2D eigenvalue weighted by Crippen LogP contribution is 2.28.